The first-order chi connectivity index (χ1) is 19.5. The van der Waals surface area contributed by atoms with Crippen molar-refractivity contribution in [1.29, 1.82) is 0 Å². The first-order valence-corrected chi connectivity index (χ1v) is 13.5. The molecule has 0 aliphatic rings. The van der Waals surface area contributed by atoms with Crippen LogP contribution in [0.3, 0.4) is 0 Å². The van der Waals surface area contributed by atoms with Crippen LogP contribution in [0.2, 0.25) is 0 Å². The van der Waals surface area contributed by atoms with Crippen molar-refractivity contribution < 1.29 is 14.3 Å². The number of aromatic nitrogens is 5. The van der Waals surface area contributed by atoms with E-state index in [1.165, 1.54) is 5.56 Å². The normalized spacial score (nSPS) is 11.2. The van der Waals surface area contributed by atoms with E-state index < -0.39 is 6.09 Å². The number of carbonyl (C=O) groups is 1. The fourth-order valence-electron chi connectivity index (χ4n) is 4.63. The van der Waals surface area contributed by atoms with Gasteiger partial charge in [-0.3, -0.25) is 0 Å². The van der Waals surface area contributed by atoms with E-state index in [9.17, 15) is 4.79 Å². The Morgan fingerprint density at radius 2 is 1.77 bits per heavy atom. The summed E-state index contributed by atoms with van der Waals surface area (Å²) in [6.07, 6.45) is 1.48. The van der Waals surface area contributed by atoms with Crippen molar-refractivity contribution in [2.24, 2.45) is 0 Å². The molecule has 0 saturated heterocycles. The maximum Gasteiger partial charge on any atom is 0.415 e. The zero-order chi connectivity index (χ0) is 27.5. The number of ether oxygens (including phenoxy) is 2. The molecular formula is C30H25BrN6O3. The molecule has 6 aromatic rings. The predicted molar refractivity (Wildman–Crippen MR) is 155 cm³/mol. The number of halogens is 1. The van der Waals surface area contributed by atoms with E-state index in [0.29, 0.717) is 30.4 Å². The van der Waals surface area contributed by atoms with Gasteiger partial charge in [0.2, 0.25) is 0 Å². The smallest absolute Gasteiger partial charge is 0.415 e. The van der Waals surface area contributed by atoms with E-state index in [-0.39, 0.29) is 6.61 Å². The number of tetrazole rings is 1. The Balaban J connectivity index is 1.15. The molecule has 0 unspecified atom stereocenters. The molecule has 1 N–H and O–H groups in total. The topological polar surface area (TPSA) is 98.2 Å². The van der Waals surface area contributed by atoms with Gasteiger partial charge in [0.1, 0.15) is 12.4 Å². The van der Waals surface area contributed by atoms with Gasteiger partial charge in [0.05, 0.1) is 9.99 Å². The van der Waals surface area contributed by atoms with E-state index >= 15 is 0 Å². The lowest BCUT2D eigenvalue weighted by atomic mass is 10.1. The first kappa shape index (κ1) is 25.6. The molecule has 40 heavy (non-hydrogen) atoms. The molecule has 0 aliphatic carbocycles. The molecule has 6 rings (SSSR count). The standard InChI is InChI=1S/C30H25BrN6O3/c1-36(16-21-11-13-23-22(15-21)12-14-26(29(23)31)39-19-28-32-34-35-33-28)30(38)40-27-18-37(17-20-7-3-2-4-8-20)25-10-6-5-9-24(25)27/h2-15,18H,16-17,19H2,1H3,(H,32,33,34,35). The maximum atomic E-state index is 13.1. The lowest BCUT2D eigenvalue weighted by molar-refractivity contribution is 0.161. The number of para-hydroxylation sites is 1. The third-order valence-electron chi connectivity index (χ3n) is 6.61. The summed E-state index contributed by atoms with van der Waals surface area (Å²) in [4.78, 5) is 14.7. The van der Waals surface area contributed by atoms with Crippen molar-refractivity contribution in [2.45, 2.75) is 19.7 Å². The molecule has 0 bridgehead atoms. The number of H-pyrrole nitrogens is 1. The van der Waals surface area contributed by atoms with Gasteiger partial charge >= 0.3 is 6.09 Å². The van der Waals surface area contributed by atoms with Crippen LogP contribution in [0.25, 0.3) is 21.7 Å². The Bertz CT molecular complexity index is 1790. The van der Waals surface area contributed by atoms with Crippen LogP contribution in [-0.2, 0) is 19.7 Å². The third kappa shape index (κ3) is 5.39. The number of nitrogens with one attached hydrogen (secondary N) is 1. The summed E-state index contributed by atoms with van der Waals surface area (Å²) >= 11 is 3.65. The first-order valence-electron chi connectivity index (χ1n) is 12.7. The van der Waals surface area contributed by atoms with Crippen molar-refractivity contribution in [3.8, 4) is 11.5 Å². The van der Waals surface area contributed by atoms with Crippen LogP contribution in [0.5, 0.6) is 11.5 Å². The minimum Gasteiger partial charge on any atom is -0.484 e. The van der Waals surface area contributed by atoms with Crippen LogP contribution in [-0.4, -0.2) is 43.2 Å². The van der Waals surface area contributed by atoms with E-state index in [2.05, 4.69) is 59.3 Å². The Morgan fingerprint density at radius 3 is 2.60 bits per heavy atom. The summed E-state index contributed by atoms with van der Waals surface area (Å²) in [5, 5.41) is 16.5. The Hall–Kier alpha value is -4.70. The summed E-state index contributed by atoms with van der Waals surface area (Å²) < 4.78 is 14.7. The van der Waals surface area contributed by atoms with E-state index in [0.717, 1.165) is 31.7 Å². The van der Waals surface area contributed by atoms with Gasteiger partial charge in [-0.1, -0.05) is 60.7 Å². The number of aromatic amines is 1. The molecule has 0 spiro atoms. The van der Waals surface area contributed by atoms with Gasteiger partial charge in [0.15, 0.2) is 11.6 Å². The molecular weight excluding hydrogens is 572 g/mol. The summed E-state index contributed by atoms with van der Waals surface area (Å²) in [5.74, 6) is 1.77. The second-order valence-electron chi connectivity index (χ2n) is 9.42. The number of carbonyl (C=O) groups excluding carboxylic acids is 1. The van der Waals surface area contributed by atoms with Crippen molar-refractivity contribution >= 4 is 43.7 Å². The zero-order valence-corrected chi connectivity index (χ0v) is 23.2. The summed E-state index contributed by atoms with van der Waals surface area (Å²) in [5.41, 5.74) is 3.16. The summed E-state index contributed by atoms with van der Waals surface area (Å²) in [6.45, 7) is 1.31. The molecule has 2 aromatic heterocycles. The molecule has 0 aliphatic heterocycles. The van der Waals surface area contributed by atoms with Gasteiger partial charge in [-0.15, -0.1) is 5.10 Å². The second-order valence-corrected chi connectivity index (χ2v) is 10.2. The lowest BCUT2D eigenvalue weighted by Gasteiger charge is -2.17. The lowest BCUT2D eigenvalue weighted by Crippen LogP contribution is -2.29. The highest BCUT2D eigenvalue weighted by Gasteiger charge is 2.17. The Labute approximate surface area is 238 Å². The predicted octanol–water partition coefficient (Wildman–Crippen LogP) is 6.33. The molecule has 0 radical (unpaired) electrons. The van der Waals surface area contributed by atoms with Crippen LogP contribution in [0.1, 0.15) is 17.0 Å². The average Bonchev–Trinajstić information content (AvgIpc) is 3.62. The highest BCUT2D eigenvalue weighted by atomic mass is 79.9. The highest BCUT2D eigenvalue weighted by molar-refractivity contribution is 9.10. The molecule has 0 atom stereocenters. The van der Waals surface area contributed by atoms with Gasteiger partial charge in [-0.25, -0.2) is 9.89 Å². The maximum absolute atomic E-state index is 13.1. The largest absolute Gasteiger partial charge is 0.484 e. The van der Waals surface area contributed by atoms with E-state index in [1.807, 2.05) is 72.9 Å². The molecule has 9 nitrogen and oxygen atoms in total. The van der Waals surface area contributed by atoms with Gasteiger partial charge in [-0.05, 0) is 72.5 Å². The van der Waals surface area contributed by atoms with Crippen LogP contribution in [0.4, 0.5) is 4.79 Å². The number of benzene rings is 4. The fourth-order valence-corrected chi connectivity index (χ4v) is 5.24. The molecule has 1 amide bonds. The number of rotatable bonds is 8. The number of fused-ring (bicyclic) bond motifs is 2. The quantitative estimate of drug-likeness (QED) is 0.220. The van der Waals surface area contributed by atoms with Crippen molar-refractivity contribution in [2.75, 3.05) is 7.05 Å². The van der Waals surface area contributed by atoms with Crippen LogP contribution >= 0.6 is 15.9 Å². The molecule has 10 heteroatoms. The van der Waals surface area contributed by atoms with Gasteiger partial charge < -0.3 is 18.9 Å². The highest BCUT2D eigenvalue weighted by Crippen LogP contribution is 2.34. The molecule has 200 valence electrons. The second kappa shape index (κ2) is 11.2. The van der Waals surface area contributed by atoms with E-state index in [1.54, 1.807) is 11.9 Å². The zero-order valence-electron chi connectivity index (χ0n) is 21.6. The number of amides is 1. The summed E-state index contributed by atoms with van der Waals surface area (Å²) in [6, 6.07) is 28.1. The minimum absolute atomic E-state index is 0.229. The van der Waals surface area contributed by atoms with Crippen LogP contribution < -0.4 is 9.47 Å². The molecule has 0 fully saturated rings. The number of hydrogen-bond acceptors (Lipinski definition) is 6. The minimum atomic E-state index is -0.422. The fraction of sp³-hybridized carbons (Fsp3) is 0.133. The number of nitrogens with zero attached hydrogens (tertiary/aromatic N) is 5. The summed E-state index contributed by atoms with van der Waals surface area (Å²) in [7, 11) is 1.74. The van der Waals surface area contributed by atoms with Gasteiger partial charge in [0.25, 0.3) is 0 Å². The van der Waals surface area contributed by atoms with Gasteiger partial charge in [-0.2, -0.15) is 0 Å². The Morgan fingerprint density at radius 1 is 0.950 bits per heavy atom. The third-order valence-corrected chi connectivity index (χ3v) is 7.43. The van der Waals surface area contributed by atoms with E-state index in [4.69, 9.17) is 9.47 Å². The van der Waals surface area contributed by atoms with Crippen molar-refractivity contribution in [1.82, 2.24) is 30.1 Å². The van der Waals surface area contributed by atoms with Crippen molar-refractivity contribution in [3.05, 3.63) is 113 Å². The average molecular weight is 597 g/mol. The van der Waals surface area contributed by atoms with Gasteiger partial charge in [0, 0.05) is 31.7 Å². The van der Waals surface area contributed by atoms with Crippen LogP contribution in [0, 0.1) is 0 Å². The number of hydrogen-bond donors (Lipinski definition) is 1. The Kier molecular flexibility index (Phi) is 7.15. The molecule has 2 heterocycles. The van der Waals surface area contributed by atoms with Crippen LogP contribution in [0.15, 0.2) is 95.6 Å². The molecule has 4 aromatic carbocycles. The van der Waals surface area contributed by atoms with Crippen molar-refractivity contribution in [3.63, 3.8) is 0 Å². The molecule has 0 saturated carbocycles. The SMILES string of the molecule is CN(Cc1ccc2c(Br)c(OCc3nnn[nH]3)ccc2c1)C(=O)Oc1cn(Cc2ccccc2)c2ccccc12. The monoisotopic (exact) mass is 596 g/mol.